The molecule has 12 heavy (non-hydrogen) atoms. The number of nitrogens with zero attached hydrogens (tertiary/aromatic N) is 1. The molecule has 0 atom stereocenters. The molecule has 0 aliphatic carbocycles. The molecule has 1 aromatic carbocycles. The van der Waals surface area contributed by atoms with Crippen molar-refractivity contribution in [1.82, 2.24) is 10.2 Å². The van der Waals surface area contributed by atoms with Gasteiger partial charge >= 0.3 is 0 Å². The van der Waals surface area contributed by atoms with Gasteiger partial charge in [0.05, 0.1) is 0 Å². The van der Waals surface area contributed by atoms with Gasteiger partial charge in [-0.1, -0.05) is 35.8 Å². The highest BCUT2D eigenvalue weighted by Gasteiger charge is 1.97. The largest absolute Gasteiger partial charge is 0.286 e. The molecule has 2 aromatic rings. The fourth-order valence-electron chi connectivity index (χ4n) is 1.08. The summed E-state index contributed by atoms with van der Waals surface area (Å²) in [4.78, 5) is 0. The monoisotopic (exact) mass is 155 g/mol. The Kier molecular flexibility index (Phi) is 1.95. The van der Waals surface area contributed by atoms with Crippen LogP contribution in [0.5, 0.6) is 0 Å². The van der Waals surface area contributed by atoms with Gasteiger partial charge in [-0.2, -0.15) is 5.10 Å². The lowest BCUT2D eigenvalue weighted by molar-refractivity contribution is 1.09. The Labute approximate surface area is 71.9 Å². The number of nitrogens with one attached hydrogen (secondary N) is 1. The summed E-state index contributed by atoms with van der Waals surface area (Å²) in [7, 11) is 2.07. The van der Waals surface area contributed by atoms with Crippen molar-refractivity contribution in [2.24, 2.45) is 0 Å². The molecule has 0 spiro atoms. The molecule has 0 unspecified atom stereocenters. The van der Waals surface area contributed by atoms with E-state index >= 15 is 0 Å². The molecule has 1 heterocycles. The topological polar surface area (TPSA) is 28.7 Å². The molecule has 3 heteroatoms. The number of hydrogen-bond donors (Lipinski definition) is 1. The van der Waals surface area contributed by atoms with Gasteiger partial charge in [-0.15, -0.1) is 0 Å². The van der Waals surface area contributed by atoms with E-state index < -0.39 is 0 Å². The van der Waals surface area contributed by atoms with Crippen LogP contribution in [0.25, 0.3) is 0 Å². The highest BCUT2D eigenvalue weighted by atomic mass is 15.1. The quantitative estimate of drug-likeness (QED) is 0.610. The van der Waals surface area contributed by atoms with E-state index in [1.54, 1.807) is 6.20 Å². The van der Waals surface area contributed by atoms with Gasteiger partial charge in [-0.05, 0) is 5.46 Å². The predicted octanol–water partition coefficient (Wildman–Crippen LogP) is 0.0647. The molecule has 1 aromatic heterocycles. The number of aromatic amines is 1. The molecule has 0 aliphatic rings. The zero-order valence-electron chi connectivity index (χ0n) is 6.57. The van der Waals surface area contributed by atoms with E-state index in [0.29, 0.717) is 0 Å². The molecule has 0 fully saturated rings. The lowest BCUT2D eigenvalue weighted by Crippen LogP contribution is -2.25. The van der Waals surface area contributed by atoms with E-state index in [-0.39, 0.29) is 0 Å². The Bertz CT molecular complexity index is 329. The molecular formula is C9H8BN2. The summed E-state index contributed by atoms with van der Waals surface area (Å²) in [5.41, 5.74) is 2.29. The van der Waals surface area contributed by atoms with Gasteiger partial charge in [-0.25, -0.2) is 0 Å². The first-order chi connectivity index (χ1) is 5.95. The lowest BCUT2D eigenvalue weighted by Gasteiger charge is -1.93. The molecule has 0 saturated heterocycles. The van der Waals surface area contributed by atoms with Gasteiger partial charge < -0.3 is 0 Å². The summed E-state index contributed by atoms with van der Waals surface area (Å²) < 4.78 is 0. The fraction of sp³-hybridized carbons (Fsp3) is 0. The molecule has 2 nitrogen and oxygen atoms in total. The molecule has 0 saturated carbocycles. The van der Waals surface area contributed by atoms with Crippen LogP contribution in [0.15, 0.2) is 42.7 Å². The first kappa shape index (κ1) is 7.16. The van der Waals surface area contributed by atoms with Crippen LogP contribution in [0, 0.1) is 0 Å². The predicted molar refractivity (Wildman–Crippen MR) is 50.1 cm³/mol. The van der Waals surface area contributed by atoms with E-state index in [4.69, 9.17) is 0 Å². The number of aromatic nitrogens is 2. The second-order valence-electron chi connectivity index (χ2n) is 2.59. The third-order valence-electron chi connectivity index (χ3n) is 1.65. The second kappa shape index (κ2) is 3.26. The maximum absolute atomic E-state index is 3.86. The van der Waals surface area contributed by atoms with Gasteiger partial charge in [0, 0.05) is 12.4 Å². The summed E-state index contributed by atoms with van der Waals surface area (Å²) in [5.74, 6) is 0. The van der Waals surface area contributed by atoms with Crippen LogP contribution in [0.4, 0.5) is 0 Å². The van der Waals surface area contributed by atoms with Gasteiger partial charge in [0.25, 0.3) is 0 Å². The van der Waals surface area contributed by atoms with Crippen LogP contribution < -0.4 is 10.9 Å². The van der Waals surface area contributed by atoms with Crippen LogP contribution in [-0.4, -0.2) is 17.5 Å². The zero-order valence-corrected chi connectivity index (χ0v) is 6.57. The average molecular weight is 155 g/mol. The Morgan fingerprint density at radius 1 is 1.08 bits per heavy atom. The van der Waals surface area contributed by atoms with Gasteiger partial charge in [0.2, 0.25) is 0 Å². The van der Waals surface area contributed by atoms with Crippen molar-refractivity contribution in [3.05, 3.63) is 42.7 Å². The summed E-state index contributed by atoms with van der Waals surface area (Å²) in [5, 5.41) is 6.63. The van der Waals surface area contributed by atoms with Crippen LogP contribution in [0.3, 0.4) is 0 Å². The van der Waals surface area contributed by atoms with Crippen LogP contribution >= 0.6 is 0 Å². The molecule has 57 valence electrons. The lowest BCUT2D eigenvalue weighted by atomic mass is 9.65. The highest BCUT2D eigenvalue weighted by Crippen LogP contribution is 1.81. The smallest absolute Gasteiger partial charge is 0.195 e. The van der Waals surface area contributed by atoms with Crippen molar-refractivity contribution < 1.29 is 0 Å². The Balaban J connectivity index is 2.15. The average Bonchev–Trinajstić information content (AvgIpc) is 2.59. The molecule has 0 aliphatic heterocycles. The minimum Gasteiger partial charge on any atom is -0.286 e. The maximum Gasteiger partial charge on any atom is 0.195 e. The van der Waals surface area contributed by atoms with Crippen LogP contribution in [0.2, 0.25) is 0 Å². The van der Waals surface area contributed by atoms with Crippen molar-refractivity contribution in [2.75, 3.05) is 0 Å². The Hall–Kier alpha value is -1.51. The van der Waals surface area contributed by atoms with Crippen molar-refractivity contribution in [1.29, 1.82) is 0 Å². The van der Waals surface area contributed by atoms with Gasteiger partial charge in [0.1, 0.15) is 0 Å². The van der Waals surface area contributed by atoms with Crippen LogP contribution in [0.1, 0.15) is 0 Å². The minimum absolute atomic E-state index is 1.10. The summed E-state index contributed by atoms with van der Waals surface area (Å²) in [6.07, 6.45) is 3.67. The zero-order chi connectivity index (χ0) is 8.23. The maximum atomic E-state index is 3.86. The van der Waals surface area contributed by atoms with E-state index in [1.165, 1.54) is 5.46 Å². The normalized spacial score (nSPS) is 9.67. The Morgan fingerprint density at radius 3 is 2.58 bits per heavy atom. The first-order valence-corrected chi connectivity index (χ1v) is 3.84. The molecule has 0 bridgehead atoms. The fourth-order valence-corrected chi connectivity index (χ4v) is 1.08. The third-order valence-corrected chi connectivity index (χ3v) is 1.65. The number of H-pyrrole nitrogens is 1. The van der Waals surface area contributed by atoms with E-state index in [0.717, 1.165) is 5.46 Å². The molecule has 1 radical (unpaired) electrons. The Morgan fingerprint density at radius 2 is 1.92 bits per heavy atom. The number of hydrogen-bond acceptors (Lipinski definition) is 1. The SMILES string of the molecule is [B](c1ccccc1)c1cn[nH]c1. The van der Waals surface area contributed by atoms with Crippen molar-refractivity contribution >= 4 is 18.2 Å². The first-order valence-electron chi connectivity index (χ1n) is 3.84. The summed E-state index contributed by atoms with van der Waals surface area (Å²) in [6, 6.07) is 10.2. The van der Waals surface area contributed by atoms with Crippen molar-refractivity contribution in [3.8, 4) is 0 Å². The van der Waals surface area contributed by atoms with Crippen molar-refractivity contribution in [3.63, 3.8) is 0 Å². The number of rotatable bonds is 2. The van der Waals surface area contributed by atoms with Gasteiger partial charge in [-0.3, -0.25) is 5.10 Å². The molecule has 1 N–H and O–H groups in total. The third kappa shape index (κ3) is 1.56. The standard InChI is InChI=1S/C9H8BN2/c1-2-4-8(5-3-1)10-9-6-11-12-7-9/h1-7H,(H,11,12). The second-order valence-corrected chi connectivity index (χ2v) is 2.59. The van der Waals surface area contributed by atoms with Crippen molar-refractivity contribution in [2.45, 2.75) is 0 Å². The molecule has 0 amide bonds. The minimum atomic E-state index is 1.10. The summed E-state index contributed by atoms with van der Waals surface area (Å²) in [6.45, 7) is 0. The number of benzene rings is 1. The van der Waals surface area contributed by atoms with E-state index in [2.05, 4.69) is 29.6 Å². The van der Waals surface area contributed by atoms with E-state index in [9.17, 15) is 0 Å². The van der Waals surface area contributed by atoms with Crippen LogP contribution in [-0.2, 0) is 0 Å². The molecule has 2 rings (SSSR count). The molecular weight excluding hydrogens is 147 g/mol. The van der Waals surface area contributed by atoms with Gasteiger partial charge in [0.15, 0.2) is 7.28 Å². The highest BCUT2D eigenvalue weighted by molar-refractivity contribution is 6.67. The van der Waals surface area contributed by atoms with E-state index in [1.807, 2.05) is 24.4 Å². The summed E-state index contributed by atoms with van der Waals surface area (Å²) >= 11 is 0.